The summed E-state index contributed by atoms with van der Waals surface area (Å²) in [4.78, 5) is 24.5. The number of hydrogen-bond donors (Lipinski definition) is 1. The monoisotopic (exact) mass is 641 g/mol. The molecule has 0 amide bonds. The number of aliphatic carboxylic acids is 1. The summed E-state index contributed by atoms with van der Waals surface area (Å²) in [7, 11) is 1.83. The fraction of sp³-hybridized carbons (Fsp3) is 0.902. The fourth-order valence-electron chi connectivity index (χ4n) is 13.7. The van der Waals surface area contributed by atoms with Gasteiger partial charge in [-0.2, -0.15) is 0 Å². The number of ether oxygens (including phenoxy) is 2. The van der Waals surface area contributed by atoms with E-state index in [0.29, 0.717) is 34.0 Å². The largest absolute Gasteiger partial charge is 0.481 e. The first-order valence-electron chi connectivity index (χ1n) is 18.9. The number of carboxylic acid groups (broad SMARTS) is 1. The molecule has 5 fully saturated rings. The molecule has 5 saturated carbocycles. The summed E-state index contributed by atoms with van der Waals surface area (Å²) in [6.45, 7) is 24.3. The van der Waals surface area contributed by atoms with E-state index in [4.69, 9.17) is 9.47 Å². The Kier molecular flexibility index (Phi) is 9.77. The van der Waals surface area contributed by atoms with Gasteiger partial charge in [-0.3, -0.25) is 9.59 Å². The van der Waals surface area contributed by atoms with Crippen molar-refractivity contribution in [1.29, 1.82) is 0 Å². The maximum absolute atomic E-state index is 13.2. The third-order valence-electron chi connectivity index (χ3n) is 16.0. The van der Waals surface area contributed by atoms with Gasteiger partial charge in [-0.1, -0.05) is 67.0 Å². The molecule has 5 nitrogen and oxygen atoms in total. The molecule has 0 aromatic heterocycles. The van der Waals surface area contributed by atoms with Crippen LogP contribution in [0, 0.1) is 62.1 Å². The van der Waals surface area contributed by atoms with Gasteiger partial charge in [0.25, 0.3) is 0 Å². The SMILES string of the molecule is C=C(C)[C@@H]1CC[C@]2(CCCCOC)CC[C@]3(C)[C@H](CC[C@@H]4[C@@]5(C)CC[C@H](OC(=O)CC(C)(C)CC(=O)O)C(C)(C)[C@@H]5CC[C@]43C)[C@@H]12. The minimum atomic E-state index is -0.867. The lowest BCUT2D eigenvalue weighted by Crippen LogP contribution is -2.66. The number of carbonyl (C=O) groups is 2. The van der Waals surface area contributed by atoms with Crippen molar-refractivity contribution in [1.82, 2.24) is 0 Å². The van der Waals surface area contributed by atoms with Crippen molar-refractivity contribution in [3.05, 3.63) is 12.2 Å². The smallest absolute Gasteiger partial charge is 0.306 e. The minimum absolute atomic E-state index is 0.0280. The topological polar surface area (TPSA) is 72.8 Å². The van der Waals surface area contributed by atoms with Gasteiger partial charge in [0.1, 0.15) is 6.10 Å². The van der Waals surface area contributed by atoms with Crippen LogP contribution < -0.4 is 0 Å². The van der Waals surface area contributed by atoms with Crippen LogP contribution in [0.25, 0.3) is 0 Å². The molecule has 1 N–H and O–H groups in total. The van der Waals surface area contributed by atoms with Crippen molar-refractivity contribution in [2.24, 2.45) is 62.1 Å². The lowest BCUT2D eigenvalue weighted by molar-refractivity contribution is -0.250. The van der Waals surface area contributed by atoms with Crippen molar-refractivity contribution in [3.8, 4) is 0 Å². The quantitative estimate of drug-likeness (QED) is 0.138. The van der Waals surface area contributed by atoms with E-state index in [0.717, 1.165) is 31.3 Å². The second-order valence-electron chi connectivity index (χ2n) is 19.2. The molecule has 0 aromatic carbocycles. The Labute approximate surface area is 281 Å². The fourth-order valence-corrected chi connectivity index (χ4v) is 13.7. The van der Waals surface area contributed by atoms with E-state index in [1.807, 2.05) is 21.0 Å². The maximum atomic E-state index is 13.2. The minimum Gasteiger partial charge on any atom is -0.481 e. The van der Waals surface area contributed by atoms with E-state index < -0.39 is 11.4 Å². The third-order valence-corrected chi connectivity index (χ3v) is 16.0. The van der Waals surface area contributed by atoms with Crippen LogP contribution in [0.5, 0.6) is 0 Å². The molecule has 0 radical (unpaired) electrons. The Morgan fingerprint density at radius 2 is 1.57 bits per heavy atom. The van der Waals surface area contributed by atoms with Gasteiger partial charge in [0.2, 0.25) is 0 Å². The molecule has 10 atom stereocenters. The summed E-state index contributed by atoms with van der Waals surface area (Å²) >= 11 is 0. The van der Waals surface area contributed by atoms with Crippen molar-refractivity contribution >= 4 is 11.9 Å². The van der Waals surface area contributed by atoms with Crippen LogP contribution in [0.15, 0.2) is 12.2 Å². The Morgan fingerprint density at radius 3 is 2.22 bits per heavy atom. The number of esters is 1. The van der Waals surface area contributed by atoms with Crippen LogP contribution in [-0.2, 0) is 19.1 Å². The lowest BCUT2D eigenvalue weighted by atomic mass is 9.32. The number of methoxy groups -OCH3 is 1. The van der Waals surface area contributed by atoms with Gasteiger partial charge in [0, 0.05) is 19.1 Å². The van der Waals surface area contributed by atoms with Crippen LogP contribution in [-0.4, -0.2) is 36.9 Å². The van der Waals surface area contributed by atoms with Crippen molar-refractivity contribution in [2.45, 2.75) is 158 Å². The molecule has 5 heteroatoms. The van der Waals surface area contributed by atoms with Crippen molar-refractivity contribution in [2.75, 3.05) is 13.7 Å². The molecule has 0 heterocycles. The number of carbonyl (C=O) groups excluding carboxylic acids is 1. The molecule has 0 aromatic rings. The standard InChI is InChI=1S/C41H68O5/c1-27(2)28-15-21-41(18-11-12-24-45-10)23-22-39(8)29(35(28)41)13-14-31-38(7)19-17-32(37(5,6)30(38)16-20-40(31,39)9)46-34(44)26-36(3,4)25-33(42)43/h28-32,35H,1,11-26H2,2-10H3,(H,42,43)/t28-,29+,30-,31+,32-,35+,38-,39+,40+,41+/m0/s1. The molecule has 262 valence electrons. The first-order valence-corrected chi connectivity index (χ1v) is 18.9. The maximum Gasteiger partial charge on any atom is 0.306 e. The summed E-state index contributed by atoms with van der Waals surface area (Å²) in [6, 6.07) is 0. The van der Waals surface area contributed by atoms with Crippen LogP contribution in [0.3, 0.4) is 0 Å². The zero-order valence-corrected chi connectivity index (χ0v) is 31.1. The molecular formula is C41H68O5. The molecule has 0 saturated heterocycles. The van der Waals surface area contributed by atoms with E-state index in [1.54, 1.807) is 0 Å². The summed E-state index contributed by atoms with van der Waals surface area (Å²) in [5.41, 5.74) is 2.07. The predicted molar refractivity (Wildman–Crippen MR) is 185 cm³/mol. The van der Waals surface area contributed by atoms with Gasteiger partial charge < -0.3 is 14.6 Å². The van der Waals surface area contributed by atoms with E-state index in [2.05, 4.69) is 48.1 Å². The predicted octanol–water partition coefficient (Wildman–Crippen LogP) is 10.3. The van der Waals surface area contributed by atoms with Crippen LogP contribution >= 0.6 is 0 Å². The van der Waals surface area contributed by atoms with Crippen LogP contribution in [0.2, 0.25) is 0 Å². The molecule has 5 rings (SSSR count). The van der Waals surface area contributed by atoms with Gasteiger partial charge in [0.05, 0.1) is 12.8 Å². The first-order chi connectivity index (χ1) is 21.4. The highest BCUT2D eigenvalue weighted by Gasteiger charge is 2.71. The lowest BCUT2D eigenvalue weighted by Gasteiger charge is -2.73. The molecule has 0 bridgehead atoms. The Bertz CT molecular complexity index is 1170. The Morgan fingerprint density at radius 1 is 0.848 bits per heavy atom. The number of hydrogen-bond acceptors (Lipinski definition) is 4. The van der Waals surface area contributed by atoms with E-state index >= 15 is 0 Å². The highest BCUT2D eigenvalue weighted by atomic mass is 16.5. The second kappa shape index (κ2) is 12.5. The summed E-state index contributed by atoms with van der Waals surface area (Å²) in [5.74, 6) is 2.30. The average molecular weight is 641 g/mol. The summed E-state index contributed by atoms with van der Waals surface area (Å²) in [5, 5.41) is 9.32. The zero-order chi connectivity index (χ0) is 33.9. The van der Waals surface area contributed by atoms with Crippen molar-refractivity contribution in [3.63, 3.8) is 0 Å². The number of rotatable bonds is 11. The average Bonchev–Trinajstić information content (AvgIpc) is 3.32. The molecular weight excluding hydrogens is 572 g/mol. The normalized spacial score (nSPS) is 43.1. The molecule has 0 unspecified atom stereocenters. The molecule has 5 aliphatic rings. The van der Waals surface area contributed by atoms with Crippen LogP contribution in [0.4, 0.5) is 0 Å². The Balaban J connectivity index is 1.37. The van der Waals surface area contributed by atoms with E-state index in [-0.39, 0.29) is 35.7 Å². The molecule has 46 heavy (non-hydrogen) atoms. The van der Waals surface area contributed by atoms with Gasteiger partial charge >= 0.3 is 11.9 Å². The van der Waals surface area contributed by atoms with E-state index in [9.17, 15) is 14.7 Å². The number of carboxylic acids is 1. The number of unbranched alkanes of at least 4 members (excludes halogenated alkanes) is 1. The van der Waals surface area contributed by atoms with E-state index in [1.165, 1.54) is 76.2 Å². The van der Waals surface area contributed by atoms with Crippen LogP contribution in [0.1, 0.15) is 152 Å². The highest BCUT2D eigenvalue weighted by Crippen LogP contribution is 2.78. The Hall–Kier alpha value is -1.36. The van der Waals surface area contributed by atoms with Gasteiger partial charge in [-0.25, -0.2) is 0 Å². The third kappa shape index (κ3) is 5.83. The number of fused-ring (bicyclic) bond motifs is 7. The number of allylic oxidation sites excluding steroid dienone is 1. The molecule has 0 aliphatic heterocycles. The molecule has 5 aliphatic carbocycles. The zero-order valence-electron chi connectivity index (χ0n) is 31.1. The summed E-state index contributed by atoms with van der Waals surface area (Å²) < 4.78 is 11.7. The highest BCUT2D eigenvalue weighted by molar-refractivity contribution is 5.73. The van der Waals surface area contributed by atoms with Gasteiger partial charge in [-0.15, -0.1) is 0 Å². The molecule has 0 spiro atoms. The summed E-state index contributed by atoms with van der Waals surface area (Å²) in [6.07, 6.45) is 16.5. The second-order valence-corrected chi connectivity index (χ2v) is 19.2. The first kappa shape index (κ1) is 35.9. The van der Waals surface area contributed by atoms with Gasteiger partial charge in [-0.05, 0) is 141 Å². The van der Waals surface area contributed by atoms with Gasteiger partial charge in [0.15, 0.2) is 0 Å². The van der Waals surface area contributed by atoms with Crippen molar-refractivity contribution < 1.29 is 24.2 Å².